The van der Waals surface area contributed by atoms with Crippen LogP contribution in [0.2, 0.25) is 0 Å². The van der Waals surface area contributed by atoms with Gasteiger partial charge < -0.3 is 13.9 Å². The van der Waals surface area contributed by atoms with Crippen LogP contribution in [0, 0.1) is 0 Å². The van der Waals surface area contributed by atoms with Crippen LogP contribution in [-0.4, -0.2) is 48.4 Å². The lowest BCUT2D eigenvalue weighted by molar-refractivity contribution is 0.219. The maximum Gasteiger partial charge on any atom is 0.330 e. The molecular formula is C10H22NO3PS2. The van der Waals surface area contributed by atoms with Crippen molar-refractivity contribution in [3.63, 3.8) is 0 Å². The second-order valence-electron chi connectivity index (χ2n) is 3.42. The fourth-order valence-electron chi connectivity index (χ4n) is 1.31. The van der Waals surface area contributed by atoms with Gasteiger partial charge in [-0.15, -0.1) is 11.8 Å². The number of rotatable bonds is 8. The lowest BCUT2D eigenvalue weighted by Crippen LogP contribution is -2.24. The molecule has 0 saturated carbocycles. The third-order valence-electron chi connectivity index (χ3n) is 2.06. The smallest absolute Gasteiger partial charge is 0.330 e. The molecule has 0 atom stereocenters. The van der Waals surface area contributed by atoms with Crippen LogP contribution >= 0.6 is 31.6 Å². The molecule has 0 aromatic heterocycles. The average molecular weight is 299 g/mol. The minimum absolute atomic E-state index is 0.413. The summed E-state index contributed by atoms with van der Waals surface area (Å²) in [5.41, 5.74) is 0. The third kappa shape index (κ3) is 7.42. The third-order valence-corrected chi connectivity index (χ3v) is 5.70. The van der Waals surface area contributed by atoms with Gasteiger partial charge in [-0.1, -0.05) is 12.2 Å². The van der Waals surface area contributed by atoms with E-state index in [1.165, 1.54) is 11.8 Å². The summed E-state index contributed by atoms with van der Waals surface area (Å²) in [6.07, 6.45) is 3.13. The van der Waals surface area contributed by atoms with Crippen molar-refractivity contribution in [3.8, 4) is 0 Å². The van der Waals surface area contributed by atoms with E-state index < -0.39 is 7.60 Å². The van der Waals surface area contributed by atoms with Crippen LogP contribution in [0.4, 0.5) is 0 Å². The zero-order chi connectivity index (χ0) is 13.3. The Hall–Kier alpha value is 0.390. The average Bonchev–Trinajstić information content (AvgIpc) is 2.28. The molecule has 0 bridgehead atoms. The first kappa shape index (κ1) is 17.4. The zero-order valence-electron chi connectivity index (χ0n) is 11.0. The van der Waals surface area contributed by atoms with Crippen molar-refractivity contribution < 1.29 is 13.6 Å². The first-order valence-electron chi connectivity index (χ1n) is 5.66. The van der Waals surface area contributed by atoms with Crippen LogP contribution in [-0.2, 0) is 13.6 Å². The van der Waals surface area contributed by atoms with E-state index >= 15 is 0 Å². The summed E-state index contributed by atoms with van der Waals surface area (Å²) in [7, 11) is -0.955. The van der Waals surface area contributed by atoms with Gasteiger partial charge in [-0.2, -0.15) is 0 Å². The lowest BCUT2D eigenvalue weighted by atomic mass is 10.5. The van der Waals surface area contributed by atoms with Crippen molar-refractivity contribution in [1.82, 2.24) is 4.90 Å². The fraction of sp³-hybridized carbons (Fsp3) is 0.900. The summed E-state index contributed by atoms with van der Waals surface area (Å²) < 4.78 is 23.4. The second kappa shape index (κ2) is 9.34. The molecule has 0 aliphatic carbocycles. The molecule has 0 aliphatic rings. The normalized spacial score (nSPS) is 11.5. The van der Waals surface area contributed by atoms with Crippen molar-refractivity contribution in [3.05, 3.63) is 0 Å². The highest BCUT2D eigenvalue weighted by molar-refractivity contribution is 8.22. The van der Waals surface area contributed by atoms with Gasteiger partial charge in [0.05, 0.1) is 19.4 Å². The Kier molecular flexibility index (Phi) is 9.55. The molecule has 0 radical (unpaired) electrons. The van der Waals surface area contributed by atoms with Crippen LogP contribution in [0.25, 0.3) is 0 Å². The summed E-state index contributed by atoms with van der Waals surface area (Å²) in [6.45, 7) is 5.23. The van der Waals surface area contributed by atoms with Gasteiger partial charge in [0.1, 0.15) is 4.32 Å². The lowest BCUT2D eigenvalue weighted by Gasteiger charge is -2.20. The van der Waals surface area contributed by atoms with Gasteiger partial charge in [0.25, 0.3) is 0 Å². The molecule has 0 saturated heterocycles. The number of thioether (sulfide) groups is 1. The molecule has 4 nitrogen and oxygen atoms in total. The quantitative estimate of drug-likeness (QED) is 0.506. The van der Waals surface area contributed by atoms with E-state index in [0.717, 1.165) is 17.3 Å². The number of thiocarbonyl (C=S) groups is 1. The molecule has 0 amide bonds. The van der Waals surface area contributed by atoms with E-state index in [1.807, 2.05) is 32.1 Å². The topological polar surface area (TPSA) is 38.8 Å². The zero-order valence-corrected chi connectivity index (χ0v) is 13.5. The molecule has 0 aromatic rings. The van der Waals surface area contributed by atoms with Gasteiger partial charge in [0.15, 0.2) is 0 Å². The van der Waals surface area contributed by atoms with Crippen molar-refractivity contribution in [2.24, 2.45) is 0 Å². The molecule has 0 fully saturated rings. The van der Waals surface area contributed by atoms with Crippen molar-refractivity contribution in [2.75, 3.05) is 39.2 Å². The van der Waals surface area contributed by atoms with Crippen LogP contribution < -0.4 is 0 Å². The predicted octanol–water partition coefficient (Wildman–Crippen LogP) is 3.22. The molecule has 17 heavy (non-hydrogen) atoms. The summed E-state index contributed by atoms with van der Waals surface area (Å²) in [4.78, 5) is 1.97. The molecule has 0 aromatic carbocycles. The molecule has 7 heteroatoms. The van der Waals surface area contributed by atoms with E-state index in [9.17, 15) is 4.57 Å². The van der Waals surface area contributed by atoms with E-state index in [-0.39, 0.29) is 0 Å². The van der Waals surface area contributed by atoms with Crippen LogP contribution in [0.15, 0.2) is 0 Å². The summed E-state index contributed by atoms with van der Waals surface area (Å²) in [5, 5.41) is 0. The maximum absolute atomic E-state index is 12.1. The highest BCUT2D eigenvalue weighted by atomic mass is 32.2. The van der Waals surface area contributed by atoms with Crippen molar-refractivity contribution in [1.29, 1.82) is 0 Å². The van der Waals surface area contributed by atoms with Gasteiger partial charge in [0, 0.05) is 13.6 Å². The molecule has 0 N–H and O–H groups in total. The minimum Gasteiger partial charge on any atom is -0.361 e. The second-order valence-corrected chi connectivity index (χ2v) is 7.04. The van der Waals surface area contributed by atoms with Gasteiger partial charge in [-0.05, 0) is 26.5 Å². The van der Waals surface area contributed by atoms with E-state index in [0.29, 0.717) is 19.4 Å². The van der Waals surface area contributed by atoms with Gasteiger partial charge in [-0.25, -0.2) is 0 Å². The Labute approximate surface area is 114 Å². The Morgan fingerprint density at radius 1 is 1.35 bits per heavy atom. The minimum atomic E-state index is -2.89. The largest absolute Gasteiger partial charge is 0.361 e. The van der Waals surface area contributed by atoms with Crippen molar-refractivity contribution >= 4 is 35.9 Å². The molecule has 0 heterocycles. The molecule has 0 spiro atoms. The van der Waals surface area contributed by atoms with Gasteiger partial charge >= 0.3 is 7.60 Å². The highest BCUT2D eigenvalue weighted by Gasteiger charge is 2.22. The van der Waals surface area contributed by atoms with Crippen LogP contribution in [0.3, 0.4) is 0 Å². The Bertz CT molecular complexity index is 266. The van der Waals surface area contributed by atoms with E-state index in [2.05, 4.69) is 0 Å². The van der Waals surface area contributed by atoms with Crippen LogP contribution in [0.5, 0.6) is 0 Å². The summed E-state index contributed by atoms with van der Waals surface area (Å²) in [6, 6.07) is 0. The molecule has 0 aliphatic heterocycles. The number of nitrogens with zero attached hydrogens (tertiary/aromatic N) is 1. The van der Waals surface area contributed by atoms with E-state index in [4.69, 9.17) is 21.3 Å². The predicted molar refractivity (Wildman–Crippen MR) is 79.1 cm³/mol. The standard InChI is InChI=1S/C10H22NO3PS2/c1-5-13-15(12,14-6-2)9-7-8-11(3)10(16)17-4/h5-9H2,1-4H3. The molecule has 0 unspecified atom stereocenters. The summed E-state index contributed by atoms with van der Waals surface area (Å²) in [5.74, 6) is 0. The Balaban J connectivity index is 4.06. The van der Waals surface area contributed by atoms with Crippen LogP contribution in [0.1, 0.15) is 20.3 Å². The molecule has 102 valence electrons. The first-order chi connectivity index (χ1) is 7.99. The van der Waals surface area contributed by atoms with Gasteiger partial charge in [-0.3, -0.25) is 4.57 Å². The fourth-order valence-corrected chi connectivity index (χ4v) is 3.45. The highest BCUT2D eigenvalue weighted by Crippen LogP contribution is 2.48. The number of hydrogen-bond donors (Lipinski definition) is 0. The first-order valence-corrected chi connectivity index (χ1v) is 9.02. The Morgan fingerprint density at radius 3 is 2.29 bits per heavy atom. The SMILES string of the molecule is CCOP(=O)(CCCN(C)C(=S)SC)OCC. The molecule has 0 rings (SSSR count). The summed E-state index contributed by atoms with van der Waals surface area (Å²) >= 11 is 6.68. The van der Waals surface area contributed by atoms with E-state index in [1.54, 1.807) is 0 Å². The monoisotopic (exact) mass is 299 g/mol. The maximum atomic E-state index is 12.1. The van der Waals surface area contributed by atoms with Crippen molar-refractivity contribution in [2.45, 2.75) is 20.3 Å². The van der Waals surface area contributed by atoms with Gasteiger partial charge in [0.2, 0.25) is 0 Å². The molecular weight excluding hydrogens is 277 g/mol. The number of hydrogen-bond acceptors (Lipinski definition) is 5. The Morgan fingerprint density at radius 2 is 1.88 bits per heavy atom.